The Bertz CT molecular complexity index is 561. The van der Waals surface area contributed by atoms with Crippen LogP contribution in [-0.2, 0) is 6.54 Å². The number of rotatable bonds is 6. The van der Waals surface area contributed by atoms with Gasteiger partial charge in [-0.05, 0) is 24.7 Å². The average molecular weight is 295 g/mol. The molecule has 6 heteroatoms. The van der Waals surface area contributed by atoms with Gasteiger partial charge in [-0.15, -0.1) is 11.3 Å². The fourth-order valence-corrected chi connectivity index (χ4v) is 3.11. The van der Waals surface area contributed by atoms with Gasteiger partial charge in [0, 0.05) is 18.5 Å². The van der Waals surface area contributed by atoms with Crippen molar-refractivity contribution in [2.45, 2.75) is 12.6 Å². The SMILES string of the molecule is CN(CCO)C(c1cccc(F)c1)c1nc(CN)cs1. The Morgan fingerprint density at radius 1 is 1.50 bits per heavy atom. The van der Waals surface area contributed by atoms with E-state index in [9.17, 15) is 4.39 Å². The summed E-state index contributed by atoms with van der Waals surface area (Å²) in [5.41, 5.74) is 7.23. The van der Waals surface area contributed by atoms with Gasteiger partial charge >= 0.3 is 0 Å². The summed E-state index contributed by atoms with van der Waals surface area (Å²) in [5.74, 6) is -0.277. The molecule has 108 valence electrons. The van der Waals surface area contributed by atoms with E-state index in [1.807, 2.05) is 23.4 Å². The molecule has 0 aliphatic heterocycles. The van der Waals surface area contributed by atoms with Gasteiger partial charge in [0.1, 0.15) is 10.8 Å². The summed E-state index contributed by atoms with van der Waals surface area (Å²) in [6, 6.07) is 6.29. The second-order valence-corrected chi connectivity index (χ2v) is 5.43. The number of thiazole rings is 1. The number of nitrogens with two attached hydrogens (primary N) is 1. The zero-order chi connectivity index (χ0) is 14.5. The van der Waals surface area contributed by atoms with Crippen molar-refractivity contribution in [2.75, 3.05) is 20.2 Å². The Labute approximate surface area is 121 Å². The second-order valence-electron chi connectivity index (χ2n) is 4.54. The van der Waals surface area contributed by atoms with Crippen molar-refractivity contribution in [1.82, 2.24) is 9.88 Å². The molecule has 0 aliphatic carbocycles. The first-order valence-corrected chi connectivity index (χ1v) is 7.24. The molecular weight excluding hydrogens is 277 g/mol. The van der Waals surface area contributed by atoms with E-state index in [4.69, 9.17) is 10.8 Å². The predicted molar refractivity (Wildman–Crippen MR) is 78.0 cm³/mol. The van der Waals surface area contributed by atoms with Crippen LogP contribution in [0.4, 0.5) is 4.39 Å². The second kappa shape index (κ2) is 6.90. The molecule has 1 heterocycles. The first-order chi connectivity index (χ1) is 9.65. The van der Waals surface area contributed by atoms with Gasteiger partial charge in [0.05, 0.1) is 18.3 Å². The molecule has 1 unspecified atom stereocenters. The summed E-state index contributed by atoms with van der Waals surface area (Å²) in [7, 11) is 1.88. The molecule has 0 spiro atoms. The van der Waals surface area contributed by atoms with E-state index < -0.39 is 0 Å². The summed E-state index contributed by atoms with van der Waals surface area (Å²) in [4.78, 5) is 6.44. The number of hydrogen-bond acceptors (Lipinski definition) is 5. The van der Waals surface area contributed by atoms with Crippen molar-refractivity contribution in [2.24, 2.45) is 5.73 Å². The maximum Gasteiger partial charge on any atom is 0.123 e. The van der Waals surface area contributed by atoms with Crippen LogP contribution in [0.3, 0.4) is 0 Å². The van der Waals surface area contributed by atoms with Gasteiger partial charge in [-0.3, -0.25) is 4.90 Å². The van der Waals surface area contributed by atoms with Crippen LogP contribution < -0.4 is 5.73 Å². The van der Waals surface area contributed by atoms with E-state index in [-0.39, 0.29) is 18.5 Å². The zero-order valence-electron chi connectivity index (χ0n) is 11.3. The number of likely N-dealkylation sites (N-methyl/N-ethyl adjacent to an activating group) is 1. The molecule has 0 radical (unpaired) electrons. The van der Waals surface area contributed by atoms with Gasteiger partial charge in [-0.2, -0.15) is 0 Å². The quantitative estimate of drug-likeness (QED) is 0.852. The largest absolute Gasteiger partial charge is 0.395 e. The summed E-state index contributed by atoms with van der Waals surface area (Å²) < 4.78 is 13.5. The van der Waals surface area contributed by atoms with Gasteiger partial charge in [0.25, 0.3) is 0 Å². The maximum atomic E-state index is 13.5. The maximum absolute atomic E-state index is 13.5. The lowest BCUT2D eigenvalue weighted by atomic mass is 10.1. The number of nitrogens with zero attached hydrogens (tertiary/aromatic N) is 2. The molecule has 0 aliphatic rings. The molecule has 1 atom stereocenters. The summed E-state index contributed by atoms with van der Waals surface area (Å²) in [5, 5.41) is 11.9. The first-order valence-electron chi connectivity index (χ1n) is 6.36. The number of halogens is 1. The number of aliphatic hydroxyl groups is 1. The molecule has 0 fully saturated rings. The normalized spacial score (nSPS) is 12.8. The van der Waals surface area contributed by atoms with Gasteiger partial charge in [0.2, 0.25) is 0 Å². The Hall–Kier alpha value is -1.34. The number of aliphatic hydroxyl groups excluding tert-OH is 1. The number of hydrogen-bond donors (Lipinski definition) is 2. The Balaban J connectivity index is 2.38. The smallest absolute Gasteiger partial charge is 0.123 e. The summed E-state index contributed by atoms with van der Waals surface area (Å²) >= 11 is 1.50. The Morgan fingerprint density at radius 2 is 2.30 bits per heavy atom. The fraction of sp³-hybridized carbons (Fsp3) is 0.357. The van der Waals surface area contributed by atoms with E-state index in [0.717, 1.165) is 16.3 Å². The lowest BCUT2D eigenvalue weighted by Gasteiger charge is -2.26. The third-order valence-corrected chi connectivity index (χ3v) is 4.02. The molecule has 3 N–H and O–H groups in total. The minimum Gasteiger partial charge on any atom is -0.395 e. The zero-order valence-corrected chi connectivity index (χ0v) is 12.1. The molecule has 0 amide bonds. The molecule has 2 rings (SSSR count). The van der Waals surface area contributed by atoms with Crippen LogP contribution in [0, 0.1) is 5.82 Å². The van der Waals surface area contributed by atoms with Crippen molar-refractivity contribution < 1.29 is 9.50 Å². The fourth-order valence-electron chi connectivity index (χ4n) is 2.09. The van der Waals surface area contributed by atoms with Crippen molar-refractivity contribution in [3.8, 4) is 0 Å². The lowest BCUT2D eigenvalue weighted by Crippen LogP contribution is -2.28. The van der Waals surface area contributed by atoms with Crippen molar-refractivity contribution in [1.29, 1.82) is 0 Å². The molecule has 1 aromatic carbocycles. The lowest BCUT2D eigenvalue weighted by molar-refractivity contribution is 0.197. The van der Waals surface area contributed by atoms with Crippen molar-refractivity contribution >= 4 is 11.3 Å². The van der Waals surface area contributed by atoms with E-state index in [0.29, 0.717) is 13.1 Å². The van der Waals surface area contributed by atoms with Crippen LogP contribution >= 0.6 is 11.3 Å². The molecular formula is C14H18FN3OS. The molecule has 1 aromatic heterocycles. The predicted octanol–water partition coefficient (Wildman–Crippen LogP) is 1.75. The van der Waals surface area contributed by atoms with Crippen LogP contribution in [0.2, 0.25) is 0 Å². The van der Waals surface area contributed by atoms with Gasteiger partial charge < -0.3 is 10.8 Å². The minimum absolute atomic E-state index is 0.0391. The summed E-state index contributed by atoms with van der Waals surface area (Å²) in [6.45, 7) is 0.909. The van der Waals surface area contributed by atoms with Crippen LogP contribution in [0.25, 0.3) is 0 Å². The molecule has 20 heavy (non-hydrogen) atoms. The van der Waals surface area contributed by atoms with Crippen molar-refractivity contribution in [3.63, 3.8) is 0 Å². The van der Waals surface area contributed by atoms with E-state index in [2.05, 4.69) is 4.98 Å². The Morgan fingerprint density at radius 3 is 2.90 bits per heavy atom. The molecule has 0 bridgehead atoms. The molecule has 0 saturated carbocycles. The summed E-state index contributed by atoms with van der Waals surface area (Å²) in [6.07, 6.45) is 0. The topological polar surface area (TPSA) is 62.4 Å². The number of aromatic nitrogens is 1. The highest BCUT2D eigenvalue weighted by atomic mass is 32.1. The minimum atomic E-state index is -0.277. The van der Waals surface area contributed by atoms with Gasteiger partial charge in [-0.25, -0.2) is 9.37 Å². The highest BCUT2D eigenvalue weighted by molar-refractivity contribution is 7.09. The van der Waals surface area contributed by atoms with E-state index >= 15 is 0 Å². The number of benzene rings is 1. The molecule has 2 aromatic rings. The average Bonchev–Trinajstić information content (AvgIpc) is 2.88. The van der Waals surface area contributed by atoms with Crippen LogP contribution in [0.15, 0.2) is 29.6 Å². The van der Waals surface area contributed by atoms with Crippen LogP contribution in [0.1, 0.15) is 22.3 Å². The van der Waals surface area contributed by atoms with Crippen LogP contribution in [-0.4, -0.2) is 35.2 Å². The third kappa shape index (κ3) is 3.40. The van der Waals surface area contributed by atoms with Gasteiger partial charge in [-0.1, -0.05) is 12.1 Å². The third-order valence-electron chi connectivity index (χ3n) is 3.07. The van der Waals surface area contributed by atoms with E-state index in [1.54, 1.807) is 6.07 Å². The Kier molecular flexibility index (Phi) is 5.19. The highest BCUT2D eigenvalue weighted by Crippen LogP contribution is 2.30. The van der Waals surface area contributed by atoms with Crippen LogP contribution in [0.5, 0.6) is 0 Å². The monoisotopic (exact) mass is 295 g/mol. The molecule has 0 saturated heterocycles. The molecule has 4 nitrogen and oxygen atoms in total. The van der Waals surface area contributed by atoms with E-state index in [1.165, 1.54) is 23.5 Å². The standard InChI is InChI=1S/C14H18FN3OS/c1-18(5-6-19)13(10-3-2-4-11(15)7-10)14-17-12(8-16)9-20-14/h2-4,7,9,13,19H,5-6,8,16H2,1H3. The van der Waals surface area contributed by atoms with Gasteiger partial charge in [0.15, 0.2) is 0 Å². The highest BCUT2D eigenvalue weighted by Gasteiger charge is 2.22. The first kappa shape index (κ1) is 15.1. The van der Waals surface area contributed by atoms with Crippen molar-refractivity contribution in [3.05, 3.63) is 51.7 Å².